The van der Waals surface area contributed by atoms with Crippen LogP contribution < -0.4 is 15.4 Å². The third kappa shape index (κ3) is 6.84. The molecule has 1 aliphatic heterocycles. The van der Waals surface area contributed by atoms with Gasteiger partial charge in [-0.25, -0.2) is 0 Å². The van der Waals surface area contributed by atoms with Gasteiger partial charge < -0.3 is 20.1 Å². The largest absolute Gasteiger partial charge is 0.482 e. The topological polar surface area (TPSA) is 100 Å². The van der Waals surface area contributed by atoms with Crippen molar-refractivity contribution in [2.75, 3.05) is 25.1 Å². The highest BCUT2D eigenvalue weighted by molar-refractivity contribution is 6.32. The molecule has 3 rings (SSSR count). The Labute approximate surface area is 192 Å². The van der Waals surface area contributed by atoms with Gasteiger partial charge in [0, 0.05) is 18.8 Å². The van der Waals surface area contributed by atoms with Gasteiger partial charge in [0.25, 0.3) is 11.8 Å². The average Bonchev–Trinajstić information content (AvgIpc) is 3.30. The number of halogens is 1. The van der Waals surface area contributed by atoms with Gasteiger partial charge in [0.1, 0.15) is 17.4 Å². The molecule has 166 valence electrons. The minimum absolute atomic E-state index is 0.00650. The molecule has 2 aromatic rings. The molecule has 1 atom stereocenters. The van der Waals surface area contributed by atoms with Crippen LogP contribution in [0.1, 0.15) is 24.0 Å². The summed E-state index contributed by atoms with van der Waals surface area (Å²) in [5.74, 6) is -0.458. The van der Waals surface area contributed by atoms with Crippen molar-refractivity contribution in [2.45, 2.75) is 25.9 Å². The third-order valence-corrected chi connectivity index (χ3v) is 5.14. The van der Waals surface area contributed by atoms with Gasteiger partial charge in [-0.05, 0) is 55.7 Å². The minimum atomic E-state index is -0.466. The molecule has 0 unspecified atom stereocenters. The molecule has 0 aromatic heterocycles. The van der Waals surface area contributed by atoms with E-state index < -0.39 is 5.91 Å². The zero-order chi connectivity index (χ0) is 22.9. The van der Waals surface area contributed by atoms with Crippen molar-refractivity contribution >= 4 is 35.2 Å². The summed E-state index contributed by atoms with van der Waals surface area (Å²) < 4.78 is 11.0. The summed E-state index contributed by atoms with van der Waals surface area (Å²) in [6, 6.07) is 14.1. The van der Waals surface area contributed by atoms with E-state index >= 15 is 0 Å². The molecule has 1 fully saturated rings. The lowest BCUT2D eigenvalue weighted by Gasteiger charge is -2.11. The van der Waals surface area contributed by atoms with Gasteiger partial charge in [0.15, 0.2) is 6.61 Å². The highest BCUT2D eigenvalue weighted by atomic mass is 35.5. The van der Waals surface area contributed by atoms with Crippen LogP contribution in [-0.2, 0) is 14.3 Å². The summed E-state index contributed by atoms with van der Waals surface area (Å²) in [4.78, 5) is 24.4. The van der Waals surface area contributed by atoms with Crippen molar-refractivity contribution < 1.29 is 19.1 Å². The normalized spacial score (nSPS) is 15.7. The Bertz CT molecular complexity index is 1040. The molecule has 1 aliphatic rings. The molecule has 2 aromatic carbocycles. The smallest absolute Gasteiger partial charge is 0.262 e. The van der Waals surface area contributed by atoms with E-state index in [0.717, 1.165) is 18.4 Å². The highest BCUT2D eigenvalue weighted by Crippen LogP contribution is 2.26. The van der Waals surface area contributed by atoms with Crippen LogP contribution in [0, 0.1) is 18.3 Å². The maximum Gasteiger partial charge on any atom is 0.262 e. The van der Waals surface area contributed by atoms with Crippen LogP contribution in [0.5, 0.6) is 5.75 Å². The summed E-state index contributed by atoms with van der Waals surface area (Å²) >= 11 is 6.26. The number of rotatable bonds is 8. The second kappa shape index (κ2) is 11.3. The van der Waals surface area contributed by atoms with E-state index in [0.29, 0.717) is 30.2 Å². The standard InChI is InChI=1S/C24H24ClN3O4/c1-16-4-7-19(8-5-16)28-23(29)15-32-22-9-6-17(12-21(22)25)11-18(13-26)24(30)27-14-20-3-2-10-31-20/h4-9,11-12,20H,2-3,10,14-15H2,1H3,(H,27,30)(H,28,29)/b18-11-/t20-/m0/s1. The van der Waals surface area contributed by atoms with Crippen molar-refractivity contribution in [2.24, 2.45) is 0 Å². The summed E-state index contributed by atoms with van der Waals surface area (Å²) in [5.41, 5.74) is 2.30. The van der Waals surface area contributed by atoms with Crippen molar-refractivity contribution in [3.63, 3.8) is 0 Å². The number of aryl methyl sites for hydroxylation is 1. The minimum Gasteiger partial charge on any atom is -0.482 e. The van der Waals surface area contributed by atoms with Gasteiger partial charge in [-0.15, -0.1) is 0 Å². The van der Waals surface area contributed by atoms with Crippen molar-refractivity contribution in [1.29, 1.82) is 5.26 Å². The van der Waals surface area contributed by atoms with Crippen LogP contribution in [0.4, 0.5) is 5.69 Å². The maximum atomic E-state index is 12.3. The fraction of sp³-hybridized carbons (Fsp3) is 0.292. The number of nitriles is 1. The number of benzene rings is 2. The van der Waals surface area contributed by atoms with Gasteiger partial charge in [-0.2, -0.15) is 5.26 Å². The SMILES string of the molecule is Cc1ccc(NC(=O)COc2ccc(/C=C(/C#N)C(=O)NC[C@@H]3CCCO3)cc2Cl)cc1. The fourth-order valence-corrected chi connectivity index (χ4v) is 3.37. The lowest BCUT2D eigenvalue weighted by Crippen LogP contribution is -2.32. The number of ether oxygens (including phenoxy) is 2. The summed E-state index contributed by atoms with van der Waals surface area (Å²) in [6.07, 6.45) is 3.31. The van der Waals surface area contributed by atoms with Gasteiger partial charge in [-0.1, -0.05) is 35.4 Å². The molecule has 7 nitrogen and oxygen atoms in total. The van der Waals surface area contributed by atoms with Crippen molar-refractivity contribution in [1.82, 2.24) is 5.32 Å². The number of amides is 2. The molecule has 0 spiro atoms. The first-order valence-electron chi connectivity index (χ1n) is 10.2. The molecule has 0 saturated carbocycles. The van der Waals surface area contributed by atoms with Gasteiger partial charge in [0.2, 0.25) is 0 Å². The lowest BCUT2D eigenvalue weighted by molar-refractivity contribution is -0.118. The molecular weight excluding hydrogens is 430 g/mol. The Morgan fingerprint density at radius 2 is 2.06 bits per heavy atom. The summed E-state index contributed by atoms with van der Waals surface area (Å²) in [7, 11) is 0. The van der Waals surface area contributed by atoms with Crippen LogP contribution in [0.15, 0.2) is 48.0 Å². The lowest BCUT2D eigenvalue weighted by atomic mass is 10.1. The molecule has 2 amide bonds. The molecule has 2 N–H and O–H groups in total. The predicted molar refractivity (Wildman–Crippen MR) is 122 cm³/mol. The molecular formula is C24H24ClN3O4. The number of anilines is 1. The van der Waals surface area contributed by atoms with Crippen molar-refractivity contribution in [3.05, 3.63) is 64.2 Å². The van der Waals surface area contributed by atoms with E-state index in [1.54, 1.807) is 18.2 Å². The number of carbonyl (C=O) groups is 2. The monoisotopic (exact) mass is 453 g/mol. The molecule has 1 saturated heterocycles. The second-order valence-electron chi connectivity index (χ2n) is 7.41. The van der Waals surface area contributed by atoms with Crippen LogP contribution >= 0.6 is 11.6 Å². The zero-order valence-corrected chi connectivity index (χ0v) is 18.4. The van der Waals surface area contributed by atoms with E-state index in [9.17, 15) is 14.9 Å². The van der Waals surface area contributed by atoms with Gasteiger partial charge in [-0.3, -0.25) is 9.59 Å². The zero-order valence-electron chi connectivity index (χ0n) is 17.7. The molecule has 0 radical (unpaired) electrons. The Kier molecular flexibility index (Phi) is 8.26. The van der Waals surface area contributed by atoms with Crippen LogP contribution in [0.25, 0.3) is 6.08 Å². The Balaban J connectivity index is 1.55. The maximum absolute atomic E-state index is 12.3. The van der Waals surface area contributed by atoms with Crippen LogP contribution in [0.3, 0.4) is 0 Å². The fourth-order valence-electron chi connectivity index (χ4n) is 3.12. The quantitative estimate of drug-likeness (QED) is 0.466. The summed E-state index contributed by atoms with van der Waals surface area (Å²) in [6.45, 7) is 2.82. The first kappa shape index (κ1) is 23.3. The highest BCUT2D eigenvalue weighted by Gasteiger charge is 2.17. The molecule has 0 aliphatic carbocycles. The van der Waals surface area contributed by atoms with Crippen molar-refractivity contribution in [3.8, 4) is 11.8 Å². The van der Waals surface area contributed by atoms with Crippen LogP contribution in [0.2, 0.25) is 5.02 Å². The second-order valence-corrected chi connectivity index (χ2v) is 7.81. The average molecular weight is 454 g/mol. The Morgan fingerprint density at radius 3 is 2.72 bits per heavy atom. The van der Waals surface area contributed by atoms with Crippen LogP contribution in [-0.4, -0.2) is 37.7 Å². The van der Waals surface area contributed by atoms with Gasteiger partial charge >= 0.3 is 0 Å². The number of hydrogen-bond donors (Lipinski definition) is 2. The van der Waals surface area contributed by atoms with Gasteiger partial charge in [0.05, 0.1) is 11.1 Å². The summed E-state index contributed by atoms with van der Waals surface area (Å²) in [5, 5.41) is 15.1. The van der Waals surface area contributed by atoms with E-state index in [2.05, 4.69) is 10.6 Å². The first-order valence-corrected chi connectivity index (χ1v) is 10.6. The van der Waals surface area contributed by atoms with E-state index in [1.807, 2.05) is 37.3 Å². The van der Waals surface area contributed by atoms with E-state index in [4.69, 9.17) is 21.1 Å². The number of nitrogens with one attached hydrogen (secondary N) is 2. The molecule has 0 bridgehead atoms. The Hall–Kier alpha value is -3.34. The Morgan fingerprint density at radius 1 is 1.28 bits per heavy atom. The molecule has 1 heterocycles. The van der Waals surface area contributed by atoms with E-state index in [1.165, 1.54) is 6.08 Å². The third-order valence-electron chi connectivity index (χ3n) is 4.84. The number of nitrogens with zero attached hydrogens (tertiary/aromatic N) is 1. The predicted octanol–water partition coefficient (Wildman–Crippen LogP) is 3.87. The number of carbonyl (C=O) groups excluding carboxylic acids is 2. The molecule has 32 heavy (non-hydrogen) atoms. The number of hydrogen-bond acceptors (Lipinski definition) is 5. The first-order chi connectivity index (χ1) is 15.4. The molecule has 8 heteroatoms. The van der Waals surface area contributed by atoms with E-state index in [-0.39, 0.29) is 29.2 Å².